The van der Waals surface area contributed by atoms with E-state index in [2.05, 4.69) is 17.6 Å². The van der Waals surface area contributed by atoms with E-state index in [0.717, 1.165) is 12.2 Å². The average molecular weight is 326 g/mol. The molecule has 0 spiro atoms. The van der Waals surface area contributed by atoms with Gasteiger partial charge in [-0.05, 0) is 55.8 Å². The molecule has 0 fully saturated rings. The van der Waals surface area contributed by atoms with Gasteiger partial charge in [-0.2, -0.15) is 0 Å². The highest BCUT2D eigenvalue weighted by Gasteiger charge is 2.08. The Balaban J connectivity index is 2.03. The number of carbonyl (C=O) groups excluding carboxylic acids is 2. The molecule has 5 nitrogen and oxygen atoms in total. The highest BCUT2D eigenvalue weighted by Crippen LogP contribution is 2.18. The van der Waals surface area contributed by atoms with Gasteiger partial charge in [0.25, 0.3) is 5.91 Å². The normalized spacial score (nSPS) is 11.5. The van der Waals surface area contributed by atoms with Gasteiger partial charge in [-0.25, -0.2) is 0 Å². The first-order valence-electron chi connectivity index (χ1n) is 7.93. The van der Waals surface area contributed by atoms with Crippen molar-refractivity contribution in [3.63, 3.8) is 0 Å². The number of hydrogen-bond acceptors (Lipinski definition) is 3. The number of benzene rings is 2. The number of rotatable bonds is 6. The van der Waals surface area contributed by atoms with Crippen molar-refractivity contribution in [2.75, 3.05) is 10.6 Å². The van der Waals surface area contributed by atoms with Gasteiger partial charge in [0.2, 0.25) is 5.91 Å². The van der Waals surface area contributed by atoms with Gasteiger partial charge in [-0.15, -0.1) is 0 Å². The molecule has 2 aromatic rings. The Labute approximate surface area is 142 Å². The van der Waals surface area contributed by atoms with E-state index < -0.39 is 0 Å². The Bertz CT molecular complexity index is 711. The second kappa shape index (κ2) is 8.15. The minimum Gasteiger partial charge on any atom is -0.491 e. The SMILES string of the molecule is CCC(C)Oc1ccc(C(=O)Nc2cccc(NC(C)=O)c2)cc1. The number of nitrogens with one attached hydrogen (secondary N) is 2. The molecule has 2 aromatic carbocycles. The van der Waals surface area contributed by atoms with E-state index in [9.17, 15) is 9.59 Å². The molecular formula is C19H22N2O3. The lowest BCUT2D eigenvalue weighted by molar-refractivity contribution is -0.114. The molecule has 0 heterocycles. The number of ether oxygens (including phenoxy) is 1. The van der Waals surface area contributed by atoms with Crippen LogP contribution in [0.2, 0.25) is 0 Å². The van der Waals surface area contributed by atoms with E-state index in [4.69, 9.17) is 4.74 Å². The lowest BCUT2D eigenvalue weighted by Crippen LogP contribution is -2.13. The lowest BCUT2D eigenvalue weighted by atomic mass is 10.2. The summed E-state index contributed by atoms with van der Waals surface area (Å²) >= 11 is 0. The topological polar surface area (TPSA) is 67.4 Å². The van der Waals surface area contributed by atoms with Gasteiger partial charge in [-0.3, -0.25) is 9.59 Å². The minimum absolute atomic E-state index is 0.140. The molecule has 24 heavy (non-hydrogen) atoms. The van der Waals surface area contributed by atoms with Crippen LogP contribution < -0.4 is 15.4 Å². The molecule has 0 bridgehead atoms. The fraction of sp³-hybridized carbons (Fsp3) is 0.263. The predicted molar refractivity (Wildman–Crippen MR) is 95.5 cm³/mol. The van der Waals surface area contributed by atoms with Crippen molar-refractivity contribution in [3.8, 4) is 5.75 Å². The molecule has 0 aliphatic carbocycles. The zero-order valence-electron chi connectivity index (χ0n) is 14.1. The standard InChI is InChI=1S/C19H22N2O3/c1-4-13(2)24-18-10-8-15(9-11-18)19(23)21-17-7-5-6-16(12-17)20-14(3)22/h5-13H,4H2,1-3H3,(H,20,22)(H,21,23). The molecule has 1 unspecified atom stereocenters. The Hall–Kier alpha value is -2.82. The minimum atomic E-state index is -0.218. The van der Waals surface area contributed by atoms with Crippen LogP contribution in [0.5, 0.6) is 5.75 Å². The van der Waals surface area contributed by atoms with Crippen molar-refractivity contribution >= 4 is 23.2 Å². The molecule has 0 aromatic heterocycles. The Morgan fingerprint density at radius 3 is 2.25 bits per heavy atom. The predicted octanol–water partition coefficient (Wildman–Crippen LogP) is 4.07. The van der Waals surface area contributed by atoms with Crippen molar-refractivity contribution in [1.82, 2.24) is 0 Å². The molecule has 5 heteroatoms. The fourth-order valence-electron chi connectivity index (χ4n) is 2.08. The first-order valence-corrected chi connectivity index (χ1v) is 7.93. The molecule has 0 radical (unpaired) electrons. The van der Waals surface area contributed by atoms with E-state index in [-0.39, 0.29) is 17.9 Å². The summed E-state index contributed by atoms with van der Waals surface area (Å²) in [4.78, 5) is 23.4. The fourth-order valence-corrected chi connectivity index (χ4v) is 2.08. The van der Waals surface area contributed by atoms with Crippen LogP contribution >= 0.6 is 0 Å². The third-order valence-electron chi connectivity index (χ3n) is 3.47. The van der Waals surface area contributed by atoms with Gasteiger partial charge < -0.3 is 15.4 Å². The van der Waals surface area contributed by atoms with Crippen LogP contribution in [0.15, 0.2) is 48.5 Å². The summed E-state index contributed by atoms with van der Waals surface area (Å²) in [5.41, 5.74) is 1.79. The van der Waals surface area contributed by atoms with E-state index >= 15 is 0 Å². The van der Waals surface area contributed by atoms with E-state index in [1.54, 1.807) is 48.5 Å². The van der Waals surface area contributed by atoms with Gasteiger partial charge in [0, 0.05) is 23.9 Å². The molecule has 2 rings (SSSR count). The molecule has 126 valence electrons. The van der Waals surface area contributed by atoms with Crippen molar-refractivity contribution in [1.29, 1.82) is 0 Å². The molecular weight excluding hydrogens is 304 g/mol. The molecule has 0 aliphatic rings. The summed E-state index contributed by atoms with van der Waals surface area (Å²) < 4.78 is 5.70. The highest BCUT2D eigenvalue weighted by molar-refractivity contribution is 6.04. The van der Waals surface area contributed by atoms with Gasteiger partial charge >= 0.3 is 0 Å². The van der Waals surface area contributed by atoms with E-state index in [1.807, 2.05) is 6.92 Å². The van der Waals surface area contributed by atoms with E-state index in [1.165, 1.54) is 6.92 Å². The summed E-state index contributed by atoms with van der Waals surface area (Å²) in [6.07, 6.45) is 1.06. The summed E-state index contributed by atoms with van der Waals surface area (Å²) in [7, 11) is 0. The average Bonchev–Trinajstić information content (AvgIpc) is 2.55. The summed E-state index contributed by atoms with van der Waals surface area (Å²) in [5.74, 6) is 0.369. The second-order valence-electron chi connectivity index (χ2n) is 5.58. The lowest BCUT2D eigenvalue weighted by Gasteiger charge is -2.13. The van der Waals surface area contributed by atoms with Crippen molar-refractivity contribution in [3.05, 3.63) is 54.1 Å². The van der Waals surface area contributed by atoms with Gasteiger partial charge in [0.15, 0.2) is 0 Å². The zero-order valence-corrected chi connectivity index (χ0v) is 14.1. The van der Waals surface area contributed by atoms with E-state index in [0.29, 0.717) is 16.9 Å². The van der Waals surface area contributed by atoms with Crippen LogP contribution in [0, 0.1) is 0 Å². The molecule has 2 amide bonds. The summed E-state index contributed by atoms with van der Waals surface area (Å²) in [6, 6.07) is 14.0. The monoisotopic (exact) mass is 326 g/mol. The molecule has 0 saturated carbocycles. The maximum atomic E-state index is 12.3. The van der Waals surface area contributed by atoms with Crippen LogP contribution in [0.3, 0.4) is 0 Å². The van der Waals surface area contributed by atoms with Crippen molar-refractivity contribution < 1.29 is 14.3 Å². The highest BCUT2D eigenvalue weighted by atomic mass is 16.5. The molecule has 2 N–H and O–H groups in total. The third-order valence-corrected chi connectivity index (χ3v) is 3.47. The van der Waals surface area contributed by atoms with Crippen LogP contribution in [0.25, 0.3) is 0 Å². The van der Waals surface area contributed by atoms with Crippen LogP contribution in [-0.2, 0) is 4.79 Å². The number of anilines is 2. The molecule has 0 aliphatic heterocycles. The molecule has 0 saturated heterocycles. The third kappa shape index (κ3) is 5.12. The Morgan fingerprint density at radius 1 is 1.04 bits per heavy atom. The van der Waals surface area contributed by atoms with Crippen LogP contribution in [0.4, 0.5) is 11.4 Å². The Kier molecular flexibility index (Phi) is 5.95. The number of amides is 2. The molecule has 1 atom stereocenters. The van der Waals surface area contributed by atoms with Crippen molar-refractivity contribution in [2.45, 2.75) is 33.3 Å². The zero-order chi connectivity index (χ0) is 17.5. The maximum Gasteiger partial charge on any atom is 0.255 e. The second-order valence-corrected chi connectivity index (χ2v) is 5.58. The summed E-state index contributed by atoms with van der Waals surface area (Å²) in [5, 5.41) is 5.49. The van der Waals surface area contributed by atoms with Gasteiger partial charge in [-0.1, -0.05) is 13.0 Å². The number of carbonyl (C=O) groups is 2. The van der Waals surface area contributed by atoms with Crippen molar-refractivity contribution in [2.24, 2.45) is 0 Å². The number of hydrogen-bond donors (Lipinski definition) is 2. The largest absolute Gasteiger partial charge is 0.491 e. The van der Waals surface area contributed by atoms with Gasteiger partial charge in [0.05, 0.1) is 6.10 Å². The smallest absolute Gasteiger partial charge is 0.255 e. The van der Waals surface area contributed by atoms with Crippen LogP contribution in [-0.4, -0.2) is 17.9 Å². The quantitative estimate of drug-likeness (QED) is 0.840. The van der Waals surface area contributed by atoms with Gasteiger partial charge in [0.1, 0.15) is 5.75 Å². The first-order chi connectivity index (χ1) is 11.5. The Morgan fingerprint density at radius 2 is 1.67 bits per heavy atom. The maximum absolute atomic E-state index is 12.3. The van der Waals surface area contributed by atoms with Crippen LogP contribution in [0.1, 0.15) is 37.6 Å². The first kappa shape index (κ1) is 17.5. The summed E-state index contributed by atoms with van der Waals surface area (Å²) in [6.45, 7) is 5.50.